The van der Waals surface area contributed by atoms with Gasteiger partial charge >= 0.3 is 6.09 Å². The second-order valence-corrected chi connectivity index (χ2v) is 7.91. The summed E-state index contributed by atoms with van der Waals surface area (Å²) in [7, 11) is 0. The van der Waals surface area contributed by atoms with Crippen molar-refractivity contribution in [3.8, 4) is 6.07 Å². The molecule has 4 rings (SSSR count). The van der Waals surface area contributed by atoms with Crippen LogP contribution in [0.25, 0.3) is 0 Å². The number of rotatable bonds is 4. The summed E-state index contributed by atoms with van der Waals surface area (Å²) < 4.78 is 4.86. The third kappa shape index (κ3) is 3.40. The van der Waals surface area contributed by atoms with Gasteiger partial charge in [0.15, 0.2) is 0 Å². The van der Waals surface area contributed by atoms with Crippen LogP contribution in [0.5, 0.6) is 0 Å². The summed E-state index contributed by atoms with van der Waals surface area (Å²) in [6.45, 7) is 2.09. The molecule has 0 unspecified atom stereocenters. The Labute approximate surface area is 168 Å². The van der Waals surface area contributed by atoms with E-state index in [9.17, 15) is 19.5 Å². The summed E-state index contributed by atoms with van der Waals surface area (Å²) in [5.74, 6) is -0.391. The first-order chi connectivity index (χ1) is 14.0. The van der Waals surface area contributed by atoms with Crippen LogP contribution in [-0.2, 0) is 9.53 Å². The van der Waals surface area contributed by atoms with E-state index in [4.69, 9.17) is 10.00 Å². The fourth-order valence-electron chi connectivity index (χ4n) is 4.49. The molecule has 3 heterocycles. The van der Waals surface area contributed by atoms with E-state index in [1.54, 1.807) is 34.1 Å². The molecule has 0 bridgehead atoms. The first kappa shape index (κ1) is 19.2. The fourth-order valence-corrected chi connectivity index (χ4v) is 4.49. The monoisotopic (exact) mass is 398 g/mol. The molecule has 3 aliphatic heterocycles. The van der Waals surface area contributed by atoms with Crippen LogP contribution in [0.2, 0.25) is 0 Å². The maximum absolute atomic E-state index is 12.9. The topological polar surface area (TPSA) is 114 Å². The van der Waals surface area contributed by atoms with Crippen LogP contribution in [-0.4, -0.2) is 90.2 Å². The van der Waals surface area contributed by atoms with E-state index in [1.165, 1.54) is 4.90 Å². The van der Waals surface area contributed by atoms with Gasteiger partial charge in [-0.25, -0.2) is 4.79 Å². The van der Waals surface area contributed by atoms with E-state index in [2.05, 4.69) is 0 Å². The second-order valence-electron chi connectivity index (χ2n) is 7.91. The third-order valence-corrected chi connectivity index (χ3v) is 6.12. The van der Waals surface area contributed by atoms with Crippen LogP contribution in [0.3, 0.4) is 0 Å². The molecular weight excluding hydrogens is 376 g/mol. The summed E-state index contributed by atoms with van der Waals surface area (Å²) in [6.07, 6.45) is -0.481. The number of aliphatic hydroxyl groups excluding tert-OH is 1. The van der Waals surface area contributed by atoms with Crippen LogP contribution in [0.4, 0.5) is 4.79 Å². The van der Waals surface area contributed by atoms with Gasteiger partial charge in [-0.15, -0.1) is 0 Å². The molecule has 3 amide bonds. The Morgan fingerprint density at radius 3 is 2.69 bits per heavy atom. The minimum absolute atomic E-state index is 0.0311. The zero-order chi connectivity index (χ0) is 20.6. The first-order valence-electron chi connectivity index (χ1n) is 9.55. The number of fused-ring (bicyclic) bond motifs is 1. The van der Waals surface area contributed by atoms with Gasteiger partial charge in [0, 0.05) is 43.1 Å². The van der Waals surface area contributed by atoms with Gasteiger partial charge in [-0.05, 0) is 18.2 Å². The molecule has 1 aromatic rings. The Kier molecular flexibility index (Phi) is 4.88. The fraction of sp³-hybridized carbons (Fsp3) is 0.500. The maximum atomic E-state index is 12.9. The van der Waals surface area contributed by atoms with E-state index in [1.807, 2.05) is 6.07 Å². The van der Waals surface area contributed by atoms with Crippen molar-refractivity contribution in [2.75, 3.05) is 52.5 Å². The maximum Gasteiger partial charge on any atom is 0.410 e. The number of amides is 3. The first-order valence-corrected chi connectivity index (χ1v) is 9.55. The normalized spacial score (nSPS) is 25.7. The second kappa shape index (κ2) is 7.37. The van der Waals surface area contributed by atoms with Crippen molar-refractivity contribution >= 4 is 17.9 Å². The molecule has 29 heavy (non-hydrogen) atoms. The number of aliphatic hydroxyl groups is 1. The summed E-state index contributed by atoms with van der Waals surface area (Å²) in [4.78, 5) is 41.8. The lowest BCUT2D eigenvalue weighted by Gasteiger charge is -2.28. The highest BCUT2D eigenvalue weighted by Gasteiger charge is 2.54. The zero-order valence-corrected chi connectivity index (χ0v) is 15.9. The average Bonchev–Trinajstić information content (AvgIpc) is 3.40. The van der Waals surface area contributed by atoms with Crippen molar-refractivity contribution in [2.45, 2.75) is 0 Å². The van der Waals surface area contributed by atoms with Crippen LogP contribution < -0.4 is 0 Å². The Hall–Kier alpha value is -3.12. The number of carbonyl (C=O) groups excluding carboxylic acids is 3. The zero-order valence-electron chi connectivity index (χ0n) is 15.9. The number of likely N-dealkylation sites (tertiary alicyclic amines) is 2. The molecule has 3 fully saturated rings. The number of ether oxygens (including phenoxy) is 1. The van der Waals surface area contributed by atoms with E-state index < -0.39 is 11.5 Å². The van der Waals surface area contributed by atoms with Crippen molar-refractivity contribution in [3.63, 3.8) is 0 Å². The van der Waals surface area contributed by atoms with Gasteiger partial charge in [-0.3, -0.25) is 14.5 Å². The average molecular weight is 398 g/mol. The predicted octanol–water partition coefficient (Wildman–Crippen LogP) is -0.0966. The molecule has 0 radical (unpaired) electrons. The lowest BCUT2D eigenvalue weighted by Crippen LogP contribution is -2.43. The molecule has 3 aliphatic rings. The van der Waals surface area contributed by atoms with Gasteiger partial charge in [-0.1, -0.05) is 6.07 Å². The number of nitriles is 1. The van der Waals surface area contributed by atoms with Crippen molar-refractivity contribution in [1.29, 1.82) is 5.26 Å². The summed E-state index contributed by atoms with van der Waals surface area (Å²) >= 11 is 0. The number of cyclic esters (lactones) is 1. The van der Waals surface area contributed by atoms with E-state index in [-0.39, 0.29) is 30.9 Å². The summed E-state index contributed by atoms with van der Waals surface area (Å²) in [5.41, 5.74) is 0.297. The smallest absolute Gasteiger partial charge is 0.410 e. The van der Waals surface area contributed by atoms with Gasteiger partial charge < -0.3 is 19.6 Å². The van der Waals surface area contributed by atoms with Crippen molar-refractivity contribution in [2.24, 2.45) is 11.3 Å². The van der Waals surface area contributed by atoms with Crippen molar-refractivity contribution in [1.82, 2.24) is 14.7 Å². The lowest BCUT2D eigenvalue weighted by atomic mass is 9.82. The molecule has 0 saturated carbocycles. The molecule has 9 nitrogen and oxygen atoms in total. The Balaban J connectivity index is 1.43. The van der Waals surface area contributed by atoms with Crippen LogP contribution >= 0.6 is 0 Å². The highest BCUT2D eigenvalue weighted by Crippen LogP contribution is 2.42. The largest absolute Gasteiger partial charge is 0.448 e. The Bertz CT molecular complexity index is 897. The van der Waals surface area contributed by atoms with Crippen molar-refractivity contribution < 1.29 is 24.2 Å². The van der Waals surface area contributed by atoms with Crippen LogP contribution in [0.1, 0.15) is 15.9 Å². The Morgan fingerprint density at radius 2 is 2.03 bits per heavy atom. The van der Waals surface area contributed by atoms with Gasteiger partial charge in [-0.2, -0.15) is 5.26 Å². The predicted molar refractivity (Wildman–Crippen MR) is 99.6 cm³/mol. The molecule has 0 aliphatic carbocycles. The minimum Gasteiger partial charge on any atom is -0.448 e. The molecule has 0 aromatic heterocycles. The van der Waals surface area contributed by atoms with Gasteiger partial charge in [0.25, 0.3) is 5.91 Å². The molecule has 9 heteroatoms. The summed E-state index contributed by atoms with van der Waals surface area (Å²) in [5, 5.41) is 19.1. The SMILES string of the molecule is N#Cc1cccc(C(=O)N2C[C@H]3CN(C(=O)CN4CCOC4=O)C[C@@]3(CO)C2)c1. The van der Waals surface area contributed by atoms with Crippen molar-refractivity contribution in [3.05, 3.63) is 35.4 Å². The van der Waals surface area contributed by atoms with Gasteiger partial charge in [0.2, 0.25) is 5.91 Å². The standard InChI is InChI=1S/C20H22N4O5/c21-7-14-2-1-3-15(6-14)18(27)24-9-16-8-23(11-20(16,12-24)13-25)17(26)10-22-4-5-29-19(22)28/h1-3,6,16,25H,4-5,8-13H2/t16-,20+/m1/s1. The van der Waals surface area contributed by atoms with E-state index >= 15 is 0 Å². The highest BCUT2D eigenvalue weighted by molar-refractivity contribution is 5.95. The number of hydrogen-bond acceptors (Lipinski definition) is 6. The van der Waals surface area contributed by atoms with Gasteiger partial charge in [0.05, 0.1) is 24.8 Å². The van der Waals surface area contributed by atoms with E-state index in [0.717, 1.165) is 0 Å². The number of hydrogen-bond donors (Lipinski definition) is 1. The van der Waals surface area contributed by atoms with E-state index in [0.29, 0.717) is 50.5 Å². The number of benzene rings is 1. The van der Waals surface area contributed by atoms with Crippen LogP contribution in [0, 0.1) is 22.7 Å². The molecule has 1 N–H and O–H groups in total. The number of nitrogens with zero attached hydrogens (tertiary/aromatic N) is 4. The molecule has 2 atom stereocenters. The number of carbonyl (C=O) groups is 3. The van der Waals surface area contributed by atoms with Crippen LogP contribution in [0.15, 0.2) is 24.3 Å². The van der Waals surface area contributed by atoms with Gasteiger partial charge in [0.1, 0.15) is 13.2 Å². The lowest BCUT2D eigenvalue weighted by molar-refractivity contribution is -0.131. The Morgan fingerprint density at radius 1 is 1.28 bits per heavy atom. The minimum atomic E-state index is -0.566. The molecule has 152 valence electrons. The molecule has 1 aromatic carbocycles. The quantitative estimate of drug-likeness (QED) is 0.758. The molecule has 0 spiro atoms. The molecular formula is C20H22N4O5. The highest BCUT2D eigenvalue weighted by atomic mass is 16.6. The molecule has 3 saturated heterocycles. The summed E-state index contributed by atoms with van der Waals surface area (Å²) in [6, 6.07) is 8.59. The third-order valence-electron chi connectivity index (χ3n) is 6.12.